The Morgan fingerprint density at radius 1 is 1.13 bits per heavy atom. The molecule has 1 aliphatic carbocycles. The van der Waals surface area contributed by atoms with E-state index in [2.05, 4.69) is 10.6 Å². The average Bonchev–Trinajstić information content (AvgIpc) is 2.78. The Bertz CT molecular complexity index is 956. The lowest BCUT2D eigenvalue weighted by Gasteiger charge is -2.22. The molecule has 0 aliphatic heterocycles. The maximum Gasteiger partial charge on any atom is 0.296 e. The van der Waals surface area contributed by atoms with Crippen LogP contribution in [0.2, 0.25) is 0 Å². The summed E-state index contributed by atoms with van der Waals surface area (Å²) < 4.78 is 10.6. The number of nitro benzene ring substituents is 1. The van der Waals surface area contributed by atoms with E-state index in [4.69, 9.17) is 9.47 Å². The minimum absolute atomic E-state index is 0.0284. The molecule has 3 rings (SSSR count). The Balaban J connectivity index is 1.67. The number of carbonyl (C=O) groups excluding carboxylic acids is 2. The fourth-order valence-electron chi connectivity index (χ4n) is 3.52. The zero-order valence-electron chi connectivity index (χ0n) is 17.3. The molecule has 0 saturated heterocycles. The van der Waals surface area contributed by atoms with Crippen molar-refractivity contribution in [1.29, 1.82) is 0 Å². The van der Waals surface area contributed by atoms with Crippen LogP contribution in [0.1, 0.15) is 42.5 Å². The summed E-state index contributed by atoms with van der Waals surface area (Å²) in [4.78, 5) is 35.7. The van der Waals surface area contributed by atoms with Gasteiger partial charge in [0, 0.05) is 6.04 Å². The molecule has 1 saturated carbocycles. The van der Waals surface area contributed by atoms with Crippen molar-refractivity contribution in [3.8, 4) is 11.5 Å². The van der Waals surface area contributed by atoms with E-state index < -0.39 is 10.8 Å². The van der Waals surface area contributed by atoms with Crippen LogP contribution in [0.15, 0.2) is 42.5 Å². The van der Waals surface area contributed by atoms with E-state index in [0.717, 1.165) is 25.7 Å². The molecule has 31 heavy (non-hydrogen) atoms. The summed E-state index contributed by atoms with van der Waals surface area (Å²) in [7, 11) is 1.40. The van der Waals surface area contributed by atoms with Gasteiger partial charge in [0.2, 0.25) is 0 Å². The monoisotopic (exact) mass is 427 g/mol. The van der Waals surface area contributed by atoms with Crippen molar-refractivity contribution in [3.05, 3.63) is 58.1 Å². The van der Waals surface area contributed by atoms with Crippen LogP contribution < -0.4 is 20.1 Å². The number of rotatable bonds is 8. The van der Waals surface area contributed by atoms with Crippen LogP contribution in [0.4, 0.5) is 11.4 Å². The summed E-state index contributed by atoms with van der Waals surface area (Å²) >= 11 is 0. The molecule has 0 atom stereocenters. The summed E-state index contributed by atoms with van der Waals surface area (Å²) in [6.07, 6.45) is 5.33. The lowest BCUT2D eigenvalue weighted by Crippen LogP contribution is -2.39. The topological polar surface area (TPSA) is 120 Å². The second kappa shape index (κ2) is 10.4. The number of nitrogens with zero attached hydrogens (tertiary/aromatic N) is 1. The van der Waals surface area contributed by atoms with E-state index in [1.165, 1.54) is 37.8 Å². The maximum absolute atomic E-state index is 12.8. The van der Waals surface area contributed by atoms with Crippen LogP contribution in [0.3, 0.4) is 0 Å². The first-order chi connectivity index (χ1) is 15.0. The lowest BCUT2D eigenvalue weighted by molar-refractivity contribution is -0.384. The minimum Gasteiger partial charge on any atom is -0.496 e. The van der Waals surface area contributed by atoms with Crippen molar-refractivity contribution >= 4 is 23.2 Å². The predicted octanol–water partition coefficient (Wildman–Crippen LogP) is 3.68. The summed E-state index contributed by atoms with van der Waals surface area (Å²) in [5.41, 5.74) is -0.100. The first kappa shape index (κ1) is 22.1. The van der Waals surface area contributed by atoms with Crippen molar-refractivity contribution in [2.75, 3.05) is 19.0 Å². The highest BCUT2D eigenvalue weighted by Crippen LogP contribution is 2.30. The van der Waals surface area contributed by atoms with Gasteiger partial charge < -0.3 is 20.1 Å². The van der Waals surface area contributed by atoms with Crippen molar-refractivity contribution < 1.29 is 24.0 Å². The van der Waals surface area contributed by atoms with Gasteiger partial charge in [-0.3, -0.25) is 19.7 Å². The molecular formula is C22H25N3O6. The molecule has 2 amide bonds. The molecule has 164 valence electrons. The number of benzene rings is 2. The summed E-state index contributed by atoms with van der Waals surface area (Å²) in [6.45, 7) is -0.219. The highest BCUT2D eigenvalue weighted by molar-refractivity contribution is 6.07. The normalized spacial score (nSPS) is 13.8. The third-order valence-electron chi connectivity index (χ3n) is 5.11. The number of methoxy groups -OCH3 is 1. The molecule has 0 unspecified atom stereocenters. The van der Waals surface area contributed by atoms with Gasteiger partial charge >= 0.3 is 0 Å². The van der Waals surface area contributed by atoms with Gasteiger partial charge in [-0.25, -0.2) is 0 Å². The van der Waals surface area contributed by atoms with E-state index in [-0.39, 0.29) is 41.2 Å². The highest BCUT2D eigenvalue weighted by Gasteiger charge is 2.21. The zero-order valence-corrected chi connectivity index (χ0v) is 17.3. The quantitative estimate of drug-likeness (QED) is 0.490. The van der Waals surface area contributed by atoms with Crippen molar-refractivity contribution in [1.82, 2.24) is 5.32 Å². The first-order valence-electron chi connectivity index (χ1n) is 10.1. The van der Waals surface area contributed by atoms with Gasteiger partial charge in [-0.2, -0.15) is 0 Å². The van der Waals surface area contributed by atoms with E-state index in [0.29, 0.717) is 5.75 Å². The van der Waals surface area contributed by atoms with Crippen LogP contribution in [-0.2, 0) is 4.79 Å². The van der Waals surface area contributed by atoms with Crippen molar-refractivity contribution in [2.24, 2.45) is 0 Å². The van der Waals surface area contributed by atoms with Crippen molar-refractivity contribution in [3.63, 3.8) is 0 Å². The minimum atomic E-state index is -0.601. The van der Waals surface area contributed by atoms with Crippen LogP contribution >= 0.6 is 0 Å². The number of nitrogens with one attached hydrogen (secondary N) is 2. The molecule has 0 heterocycles. The molecule has 1 aliphatic rings. The largest absolute Gasteiger partial charge is 0.496 e. The first-order valence-corrected chi connectivity index (χ1v) is 10.1. The standard InChI is InChI=1S/C22H25N3O6/c1-30-16-11-12-18(19(13-16)25(28)29)24-22(27)17-9-5-6-10-20(17)31-14-21(26)23-15-7-3-2-4-8-15/h5-6,9-13,15H,2-4,7-8,14H2,1H3,(H,23,26)(H,24,27). The van der Waals surface area contributed by atoms with E-state index >= 15 is 0 Å². The molecule has 9 heteroatoms. The number of amides is 2. The molecule has 0 radical (unpaired) electrons. The van der Waals surface area contributed by atoms with Gasteiger partial charge in [0.25, 0.3) is 17.5 Å². The fourth-order valence-corrected chi connectivity index (χ4v) is 3.52. The number of anilines is 1. The Kier molecular flexibility index (Phi) is 7.42. The SMILES string of the molecule is COc1ccc(NC(=O)c2ccccc2OCC(=O)NC2CCCCC2)c([N+](=O)[O-])c1. The van der Waals surface area contributed by atoms with Gasteiger partial charge in [0.05, 0.1) is 23.7 Å². The van der Waals surface area contributed by atoms with Crippen LogP contribution in [0, 0.1) is 10.1 Å². The Morgan fingerprint density at radius 2 is 1.87 bits per heavy atom. The van der Waals surface area contributed by atoms with Crippen LogP contribution in [0.5, 0.6) is 11.5 Å². The molecule has 1 fully saturated rings. The maximum atomic E-state index is 12.8. The summed E-state index contributed by atoms with van der Waals surface area (Å²) in [5.74, 6) is -0.308. The number of para-hydroxylation sites is 1. The lowest BCUT2D eigenvalue weighted by atomic mass is 9.95. The molecule has 9 nitrogen and oxygen atoms in total. The fraction of sp³-hybridized carbons (Fsp3) is 0.364. The second-order valence-corrected chi connectivity index (χ2v) is 7.28. The average molecular weight is 427 g/mol. The van der Waals surface area contributed by atoms with Gasteiger partial charge in [0.15, 0.2) is 6.61 Å². The second-order valence-electron chi connectivity index (χ2n) is 7.28. The predicted molar refractivity (Wildman–Crippen MR) is 115 cm³/mol. The molecule has 0 spiro atoms. The van der Waals surface area contributed by atoms with E-state index in [1.807, 2.05) is 0 Å². The van der Waals surface area contributed by atoms with E-state index in [1.54, 1.807) is 18.2 Å². The molecule has 2 aromatic rings. The van der Waals surface area contributed by atoms with Crippen LogP contribution in [-0.4, -0.2) is 36.5 Å². The summed E-state index contributed by atoms with van der Waals surface area (Å²) in [6, 6.07) is 10.7. The Labute approximate surface area is 179 Å². The highest BCUT2D eigenvalue weighted by atomic mass is 16.6. The molecule has 0 aromatic heterocycles. The zero-order chi connectivity index (χ0) is 22.2. The third-order valence-corrected chi connectivity index (χ3v) is 5.11. The molecule has 2 N–H and O–H groups in total. The summed E-state index contributed by atoms with van der Waals surface area (Å²) in [5, 5.41) is 16.8. The van der Waals surface area contributed by atoms with Gasteiger partial charge in [-0.15, -0.1) is 0 Å². The number of hydrogen-bond acceptors (Lipinski definition) is 6. The number of nitro groups is 1. The Hall–Kier alpha value is -3.62. The number of hydrogen-bond donors (Lipinski definition) is 2. The molecule has 0 bridgehead atoms. The van der Waals surface area contributed by atoms with Gasteiger partial charge in [-0.1, -0.05) is 31.4 Å². The van der Waals surface area contributed by atoms with E-state index in [9.17, 15) is 19.7 Å². The van der Waals surface area contributed by atoms with Gasteiger partial charge in [-0.05, 0) is 37.1 Å². The molecular weight excluding hydrogens is 402 g/mol. The number of carbonyl (C=O) groups is 2. The number of ether oxygens (including phenoxy) is 2. The third kappa shape index (κ3) is 5.94. The van der Waals surface area contributed by atoms with Crippen molar-refractivity contribution in [2.45, 2.75) is 38.1 Å². The van der Waals surface area contributed by atoms with Crippen LogP contribution in [0.25, 0.3) is 0 Å². The Morgan fingerprint density at radius 3 is 2.58 bits per heavy atom. The van der Waals surface area contributed by atoms with Gasteiger partial charge in [0.1, 0.15) is 17.2 Å². The smallest absolute Gasteiger partial charge is 0.296 e. The molecule has 2 aromatic carbocycles.